The molecule has 1 atom stereocenters. The molecule has 0 saturated carbocycles. The summed E-state index contributed by atoms with van der Waals surface area (Å²) in [6.07, 6.45) is 2.56. The zero-order valence-corrected chi connectivity index (χ0v) is 13.8. The second-order valence-electron chi connectivity index (χ2n) is 5.65. The molecule has 2 N–H and O–H groups in total. The van der Waals surface area contributed by atoms with Gasteiger partial charge in [0.15, 0.2) is 0 Å². The van der Waals surface area contributed by atoms with Gasteiger partial charge in [-0.1, -0.05) is 54.1 Å². The van der Waals surface area contributed by atoms with E-state index in [1.54, 1.807) is 0 Å². The second-order valence-corrected chi connectivity index (χ2v) is 6.09. The van der Waals surface area contributed by atoms with Crippen molar-refractivity contribution in [2.75, 3.05) is 6.54 Å². The molecule has 2 rings (SSSR count). The smallest absolute Gasteiger partial charge is 0.303 e. The molecule has 0 aromatic heterocycles. The van der Waals surface area contributed by atoms with Crippen molar-refractivity contribution in [3.8, 4) is 0 Å². The van der Waals surface area contributed by atoms with Gasteiger partial charge in [0, 0.05) is 17.5 Å². The molecule has 0 heterocycles. The Hall–Kier alpha value is -1.84. The molecule has 0 aliphatic rings. The number of carboxylic acid groups (broad SMARTS) is 1. The number of benzene rings is 2. The molecule has 2 aromatic rings. The summed E-state index contributed by atoms with van der Waals surface area (Å²) in [4.78, 5) is 10.8. The number of halogens is 1. The molecule has 3 nitrogen and oxygen atoms in total. The monoisotopic (exact) mass is 331 g/mol. The van der Waals surface area contributed by atoms with Crippen molar-refractivity contribution < 1.29 is 9.90 Å². The molecule has 0 aliphatic heterocycles. The summed E-state index contributed by atoms with van der Waals surface area (Å²) in [5.74, 6) is -0.748. The SMILES string of the molecule is O=C(O)CCC(Cc1ccccc1)NCCc1ccc(Cl)cc1. The van der Waals surface area contributed by atoms with Gasteiger partial charge in [-0.2, -0.15) is 0 Å². The van der Waals surface area contributed by atoms with E-state index in [1.807, 2.05) is 42.5 Å². The molecule has 122 valence electrons. The van der Waals surface area contributed by atoms with Crippen molar-refractivity contribution in [2.24, 2.45) is 0 Å². The zero-order valence-electron chi connectivity index (χ0n) is 13.0. The Morgan fingerprint density at radius 1 is 1.04 bits per heavy atom. The van der Waals surface area contributed by atoms with Gasteiger partial charge in [0.2, 0.25) is 0 Å². The van der Waals surface area contributed by atoms with E-state index >= 15 is 0 Å². The third-order valence-corrected chi connectivity index (χ3v) is 4.04. The van der Waals surface area contributed by atoms with E-state index in [-0.39, 0.29) is 12.5 Å². The Morgan fingerprint density at radius 2 is 1.74 bits per heavy atom. The molecular formula is C19H22ClNO2. The van der Waals surface area contributed by atoms with Gasteiger partial charge in [-0.15, -0.1) is 0 Å². The van der Waals surface area contributed by atoms with Crippen LogP contribution in [0.5, 0.6) is 0 Å². The first kappa shape index (κ1) is 17.5. The largest absolute Gasteiger partial charge is 0.481 e. The minimum atomic E-state index is -0.748. The van der Waals surface area contributed by atoms with Gasteiger partial charge in [-0.25, -0.2) is 0 Å². The van der Waals surface area contributed by atoms with Crippen molar-refractivity contribution in [3.63, 3.8) is 0 Å². The summed E-state index contributed by atoms with van der Waals surface area (Å²) in [5.41, 5.74) is 2.44. The summed E-state index contributed by atoms with van der Waals surface area (Å²) < 4.78 is 0. The summed E-state index contributed by atoms with van der Waals surface area (Å²) in [6, 6.07) is 18.2. The van der Waals surface area contributed by atoms with Gasteiger partial charge in [0.1, 0.15) is 0 Å². The van der Waals surface area contributed by atoms with E-state index in [1.165, 1.54) is 11.1 Å². The maximum absolute atomic E-state index is 10.8. The van der Waals surface area contributed by atoms with Crippen LogP contribution < -0.4 is 5.32 Å². The van der Waals surface area contributed by atoms with Gasteiger partial charge in [-0.05, 0) is 49.1 Å². The van der Waals surface area contributed by atoms with Crippen molar-refractivity contribution in [3.05, 3.63) is 70.7 Å². The number of hydrogen-bond donors (Lipinski definition) is 2. The maximum Gasteiger partial charge on any atom is 0.303 e. The lowest BCUT2D eigenvalue weighted by molar-refractivity contribution is -0.137. The molecule has 0 bridgehead atoms. The van der Waals surface area contributed by atoms with E-state index in [0.29, 0.717) is 6.42 Å². The molecule has 1 unspecified atom stereocenters. The highest BCUT2D eigenvalue weighted by atomic mass is 35.5. The Morgan fingerprint density at radius 3 is 2.39 bits per heavy atom. The first-order valence-corrected chi connectivity index (χ1v) is 8.25. The van der Waals surface area contributed by atoms with Crippen molar-refractivity contribution in [1.29, 1.82) is 0 Å². The number of carboxylic acids is 1. The molecule has 0 spiro atoms. The molecular weight excluding hydrogens is 310 g/mol. The Kier molecular flexibility index (Phi) is 7.11. The number of nitrogens with one attached hydrogen (secondary N) is 1. The Balaban J connectivity index is 1.86. The highest BCUT2D eigenvalue weighted by Gasteiger charge is 2.11. The molecule has 0 radical (unpaired) electrons. The van der Waals surface area contributed by atoms with Gasteiger partial charge in [0.05, 0.1) is 0 Å². The number of carbonyl (C=O) groups is 1. The minimum Gasteiger partial charge on any atom is -0.481 e. The van der Waals surface area contributed by atoms with Crippen LogP contribution in [0.2, 0.25) is 5.02 Å². The van der Waals surface area contributed by atoms with Crippen LogP contribution in [0, 0.1) is 0 Å². The standard InChI is InChI=1S/C19H22ClNO2/c20-17-8-6-15(7-9-17)12-13-21-18(10-11-19(22)23)14-16-4-2-1-3-5-16/h1-9,18,21H,10-14H2,(H,22,23). The van der Waals surface area contributed by atoms with Gasteiger partial charge in [0.25, 0.3) is 0 Å². The van der Waals surface area contributed by atoms with Crippen LogP contribution in [0.3, 0.4) is 0 Å². The average Bonchev–Trinajstić information content (AvgIpc) is 2.55. The maximum atomic E-state index is 10.8. The minimum absolute atomic E-state index is 0.167. The highest BCUT2D eigenvalue weighted by Crippen LogP contribution is 2.11. The molecule has 4 heteroatoms. The second kappa shape index (κ2) is 9.33. The third-order valence-electron chi connectivity index (χ3n) is 3.79. The van der Waals surface area contributed by atoms with Crippen LogP contribution in [0.4, 0.5) is 0 Å². The van der Waals surface area contributed by atoms with Crippen LogP contribution in [-0.2, 0) is 17.6 Å². The highest BCUT2D eigenvalue weighted by molar-refractivity contribution is 6.30. The fourth-order valence-electron chi connectivity index (χ4n) is 2.54. The molecule has 0 saturated heterocycles. The summed E-state index contributed by atoms with van der Waals surface area (Å²) in [6.45, 7) is 0.818. The van der Waals surface area contributed by atoms with Crippen LogP contribution in [0.25, 0.3) is 0 Å². The number of hydrogen-bond acceptors (Lipinski definition) is 2. The van der Waals surface area contributed by atoms with E-state index in [4.69, 9.17) is 16.7 Å². The lowest BCUT2D eigenvalue weighted by Gasteiger charge is -2.18. The lowest BCUT2D eigenvalue weighted by Crippen LogP contribution is -2.33. The van der Waals surface area contributed by atoms with Crippen LogP contribution in [0.1, 0.15) is 24.0 Å². The zero-order chi connectivity index (χ0) is 16.5. The summed E-state index contributed by atoms with van der Waals surface area (Å²) in [7, 11) is 0. The van der Waals surface area contributed by atoms with Crippen LogP contribution in [0.15, 0.2) is 54.6 Å². The van der Waals surface area contributed by atoms with Crippen LogP contribution >= 0.6 is 11.6 Å². The molecule has 0 fully saturated rings. The fourth-order valence-corrected chi connectivity index (χ4v) is 2.67. The average molecular weight is 332 g/mol. The normalized spacial score (nSPS) is 12.0. The molecule has 23 heavy (non-hydrogen) atoms. The Labute approximate surface area is 142 Å². The quantitative estimate of drug-likeness (QED) is 0.731. The van der Waals surface area contributed by atoms with E-state index in [0.717, 1.165) is 24.4 Å². The van der Waals surface area contributed by atoms with Gasteiger partial charge < -0.3 is 10.4 Å². The topological polar surface area (TPSA) is 49.3 Å². The van der Waals surface area contributed by atoms with E-state index in [9.17, 15) is 4.79 Å². The van der Waals surface area contributed by atoms with Crippen molar-refractivity contribution in [1.82, 2.24) is 5.32 Å². The summed E-state index contributed by atoms with van der Waals surface area (Å²) in [5, 5.41) is 13.1. The first-order valence-electron chi connectivity index (χ1n) is 7.87. The van der Waals surface area contributed by atoms with Crippen molar-refractivity contribution in [2.45, 2.75) is 31.7 Å². The van der Waals surface area contributed by atoms with E-state index < -0.39 is 5.97 Å². The molecule has 2 aromatic carbocycles. The molecule has 0 aliphatic carbocycles. The Bertz CT molecular complexity index is 599. The summed E-state index contributed by atoms with van der Waals surface area (Å²) >= 11 is 5.89. The predicted molar refractivity (Wildman–Crippen MR) is 94.0 cm³/mol. The lowest BCUT2D eigenvalue weighted by atomic mass is 10.0. The number of aliphatic carboxylic acids is 1. The predicted octanol–water partition coefficient (Wildman–Crippen LogP) is 3.95. The van der Waals surface area contributed by atoms with Crippen LogP contribution in [-0.4, -0.2) is 23.7 Å². The van der Waals surface area contributed by atoms with Gasteiger partial charge in [-0.3, -0.25) is 4.79 Å². The first-order chi connectivity index (χ1) is 11.1. The van der Waals surface area contributed by atoms with Crippen molar-refractivity contribution >= 4 is 17.6 Å². The third kappa shape index (κ3) is 6.85. The van der Waals surface area contributed by atoms with Gasteiger partial charge >= 0.3 is 5.97 Å². The molecule has 0 amide bonds. The van der Waals surface area contributed by atoms with E-state index in [2.05, 4.69) is 17.4 Å². The number of rotatable bonds is 9. The fraction of sp³-hybridized carbons (Fsp3) is 0.316.